The molecule has 28 heavy (non-hydrogen) atoms. The highest BCUT2D eigenvalue weighted by atomic mass is 35.5. The van der Waals surface area contributed by atoms with Crippen molar-refractivity contribution in [3.05, 3.63) is 47.1 Å². The van der Waals surface area contributed by atoms with Crippen LogP contribution in [-0.2, 0) is 0 Å². The number of pyridine rings is 1. The van der Waals surface area contributed by atoms with E-state index in [1.807, 2.05) is 11.0 Å². The van der Waals surface area contributed by atoms with Crippen molar-refractivity contribution in [2.24, 2.45) is 0 Å². The fourth-order valence-corrected chi connectivity index (χ4v) is 3.34. The number of methoxy groups -OCH3 is 1. The van der Waals surface area contributed by atoms with E-state index in [1.165, 1.54) is 19.2 Å². The smallest absolute Gasteiger partial charge is 0.319 e. The van der Waals surface area contributed by atoms with Gasteiger partial charge in [-0.15, -0.1) is 0 Å². The molecule has 1 saturated heterocycles. The maximum atomic E-state index is 12.9. The minimum Gasteiger partial charge on any atom is -0.495 e. The number of anilines is 2. The summed E-state index contributed by atoms with van der Waals surface area (Å²) in [7, 11) is 1.54. The van der Waals surface area contributed by atoms with Gasteiger partial charge < -0.3 is 20.3 Å². The molecule has 0 radical (unpaired) electrons. The lowest BCUT2D eigenvalue weighted by molar-refractivity contribution is 0.146. The van der Waals surface area contributed by atoms with Crippen LogP contribution in [0.5, 0.6) is 5.75 Å². The SMILES string of the molecule is COc1ccccc1NC(=O)NC1CCN(c2nc(C(F)F)ccc2Cl)CC1. The predicted molar refractivity (Wildman–Crippen MR) is 105 cm³/mol. The third kappa shape index (κ3) is 4.81. The van der Waals surface area contributed by atoms with Crippen molar-refractivity contribution in [1.29, 1.82) is 0 Å². The second-order valence-corrected chi connectivity index (χ2v) is 6.81. The van der Waals surface area contributed by atoms with Crippen LogP contribution in [0.2, 0.25) is 5.02 Å². The molecule has 0 spiro atoms. The monoisotopic (exact) mass is 410 g/mol. The van der Waals surface area contributed by atoms with Gasteiger partial charge in [0.1, 0.15) is 17.3 Å². The molecule has 1 aromatic carbocycles. The van der Waals surface area contributed by atoms with E-state index in [0.717, 1.165) is 0 Å². The van der Waals surface area contributed by atoms with Gasteiger partial charge >= 0.3 is 6.03 Å². The van der Waals surface area contributed by atoms with Gasteiger partial charge in [0.2, 0.25) is 0 Å². The molecule has 1 aromatic heterocycles. The molecule has 150 valence electrons. The fourth-order valence-electron chi connectivity index (χ4n) is 3.12. The van der Waals surface area contributed by atoms with E-state index in [-0.39, 0.29) is 17.8 Å². The van der Waals surface area contributed by atoms with Crippen molar-refractivity contribution in [2.75, 3.05) is 30.4 Å². The number of urea groups is 1. The van der Waals surface area contributed by atoms with Crippen LogP contribution < -0.4 is 20.3 Å². The number of halogens is 3. The van der Waals surface area contributed by atoms with Gasteiger partial charge in [-0.3, -0.25) is 0 Å². The predicted octanol–water partition coefficient (Wildman–Crippen LogP) is 4.47. The second-order valence-electron chi connectivity index (χ2n) is 6.40. The van der Waals surface area contributed by atoms with Crippen molar-refractivity contribution in [2.45, 2.75) is 25.3 Å². The summed E-state index contributed by atoms with van der Waals surface area (Å²) in [5, 5.41) is 6.04. The summed E-state index contributed by atoms with van der Waals surface area (Å²) in [6.45, 7) is 1.11. The number of carbonyl (C=O) groups excluding carboxylic acids is 1. The van der Waals surface area contributed by atoms with Crippen molar-refractivity contribution >= 4 is 29.1 Å². The highest BCUT2D eigenvalue weighted by Crippen LogP contribution is 2.29. The number of nitrogens with one attached hydrogen (secondary N) is 2. The van der Waals surface area contributed by atoms with Gasteiger partial charge in [-0.25, -0.2) is 18.6 Å². The molecule has 1 aliphatic rings. The first kappa shape index (κ1) is 20.1. The molecule has 0 aliphatic carbocycles. The topological polar surface area (TPSA) is 66.5 Å². The van der Waals surface area contributed by atoms with Crippen LogP contribution in [0.1, 0.15) is 25.0 Å². The van der Waals surface area contributed by atoms with E-state index in [0.29, 0.717) is 48.2 Å². The Hall–Kier alpha value is -2.61. The lowest BCUT2D eigenvalue weighted by atomic mass is 10.1. The van der Waals surface area contributed by atoms with Crippen LogP contribution in [0, 0.1) is 0 Å². The molecule has 1 aliphatic heterocycles. The largest absolute Gasteiger partial charge is 0.495 e. The molecular weight excluding hydrogens is 390 g/mol. The van der Waals surface area contributed by atoms with E-state index in [2.05, 4.69) is 15.6 Å². The van der Waals surface area contributed by atoms with Gasteiger partial charge in [0.05, 0.1) is 17.8 Å². The molecular formula is C19H21ClF2N4O2. The third-order valence-corrected chi connectivity index (χ3v) is 4.85. The number of nitrogens with zero attached hydrogens (tertiary/aromatic N) is 2. The fraction of sp³-hybridized carbons (Fsp3) is 0.368. The second kappa shape index (κ2) is 9.05. The average Bonchev–Trinajstić information content (AvgIpc) is 2.69. The number of para-hydroxylation sites is 2. The van der Waals surface area contributed by atoms with Crippen LogP contribution in [0.15, 0.2) is 36.4 Å². The van der Waals surface area contributed by atoms with E-state index >= 15 is 0 Å². The normalized spacial score (nSPS) is 14.8. The van der Waals surface area contributed by atoms with Gasteiger partial charge in [-0.2, -0.15) is 0 Å². The van der Waals surface area contributed by atoms with Gasteiger partial charge in [0, 0.05) is 19.1 Å². The Balaban J connectivity index is 1.56. The zero-order valence-corrected chi connectivity index (χ0v) is 16.0. The van der Waals surface area contributed by atoms with Crippen LogP contribution in [0.4, 0.5) is 25.1 Å². The van der Waals surface area contributed by atoms with E-state index in [4.69, 9.17) is 16.3 Å². The van der Waals surface area contributed by atoms with E-state index in [1.54, 1.807) is 18.2 Å². The Morgan fingerprint density at radius 1 is 1.25 bits per heavy atom. The Kier molecular flexibility index (Phi) is 6.51. The number of aromatic nitrogens is 1. The molecule has 0 unspecified atom stereocenters. The molecule has 0 atom stereocenters. The molecule has 3 rings (SSSR count). The molecule has 1 fully saturated rings. The summed E-state index contributed by atoms with van der Waals surface area (Å²) in [4.78, 5) is 18.1. The Bertz CT molecular complexity index is 829. The Morgan fingerprint density at radius 2 is 1.96 bits per heavy atom. The first-order valence-corrected chi connectivity index (χ1v) is 9.26. The highest BCUT2D eigenvalue weighted by molar-refractivity contribution is 6.32. The third-order valence-electron chi connectivity index (χ3n) is 4.56. The number of hydrogen-bond donors (Lipinski definition) is 2. The first-order chi connectivity index (χ1) is 13.5. The van der Waals surface area contributed by atoms with E-state index < -0.39 is 6.43 Å². The number of carbonyl (C=O) groups is 1. The van der Waals surface area contributed by atoms with Crippen molar-refractivity contribution in [3.63, 3.8) is 0 Å². The van der Waals surface area contributed by atoms with Crippen LogP contribution >= 0.6 is 11.6 Å². The maximum Gasteiger partial charge on any atom is 0.319 e. The maximum absolute atomic E-state index is 12.9. The number of rotatable bonds is 5. The number of hydrogen-bond acceptors (Lipinski definition) is 4. The van der Waals surface area contributed by atoms with Crippen LogP contribution in [-0.4, -0.2) is 37.3 Å². The summed E-state index contributed by atoms with van der Waals surface area (Å²) < 4.78 is 31.0. The lowest BCUT2D eigenvalue weighted by Gasteiger charge is -2.33. The summed E-state index contributed by atoms with van der Waals surface area (Å²) in [5.74, 6) is 0.934. The van der Waals surface area contributed by atoms with Gasteiger partial charge in [-0.1, -0.05) is 23.7 Å². The Labute approximate surface area is 166 Å². The van der Waals surface area contributed by atoms with Crippen LogP contribution in [0.3, 0.4) is 0 Å². The molecule has 0 saturated carbocycles. The number of amides is 2. The van der Waals surface area contributed by atoms with Crippen molar-refractivity contribution < 1.29 is 18.3 Å². The molecule has 9 heteroatoms. The van der Waals surface area contributed by atoms with E-state index in [9.17, 15) is 13.6 Å². The number of benzene rings is 1. The summed E-state index contributed by atoms with van der Waals surface area (Å²) in [6, 6.07) is 9.45. The van der Waals surface area contributed by atoms with Crippen molar-refractivity contribution in [1.82, 2.24) is 10.3 Å². The zero-order valence-electron chi connectivity index (χ0n) is 15.3. The summed E-state index contributed by atoms with van der Waals surface area (Å²) in [6.07, 6.45) is -1.35. The molecule has 2 heterocycles. The summed E-state index contributed by atoms with van der Waals surface area (Å²) >= 11 is 6.13. The van der Waals surface area contributed by atoms with Gasteiger partial charge in [0.15, 0.2) is 0 Å². The van der Waals surface area contributed by atoms with Gasteiger partial charge in [0.25, 0.3) is 6.43 Å². The average molecular weight is 411 g/mol. The molecule has 2 amide bonds. The van der Waals surface area contributed by atoms with Crippen LogP contribution in [0.25, 0.3) is 0 Å². The quantitative estimate of drug-likeness (QED) is 0.763. The lowest BCUT2D eigenvalue weighted by Crippen LogP contribution is -2.46. The number of piperidine rings is 1. The summed E-state index contributed by atoms with van der Waals surface area (Å²) in [5.41, 5.74) is 0.288. The molecule has 6 nitrogen and oxygen atoms in total. The molecule has 2 aromatic rings. The highest BCUT2D eigenvalue weighted by Gasteiger charge is 2.24. The molecule has 2 N–H and O–H groups in total. The number of alkyl halides is 2. The van der Waals surface area contributed by atoms with Crippen molar-refractivity contribution in [3.8, 4) is 5.75 Å². The first-order valence-electron chi connectivity index (χ1n) is 8.88. The standard InChI is InChI=1S/C19H21ClF2N4O2/c1-28-16-5-3-2-4-14(16)25-19(27)23-12-8-10-26(11-9-12)18-13(20)6-7-15(24-18)17(21)22/h2-7,12,17H,8-11H2,1H3,(H2,23,25,27). The number of ether oxygens (including phenoxy) is 1. The van der Waals surface area contributed by atoms with Gasteiger partial charge in [-0.05, 0) is 37.1 Å². The minimum absolute atomic E-state index is 0.0389. The zero-order chi connectivity index (χ0) is 20.1. The Morgan fingerprint density at radius 3 is 2.64 bits per heavy atom. The molecule has 0 bridgehead atoms. The minimum atomic E-state index is -2.64.